The van der Waals surface area contributed by atoms with Crippen molar-refractivity contribution in [3.63, 3.8) is 0 Å². The van der Waals surface area contributed by atoms with Crippen molar-refractivity contribution in [1.29, 1.82) is 0 Å². The third-order valence-electron chi connectivity index (χ3n) is 4.76. The number of halogens is 1. The fourth-order valence-electron chi connectivity index (χ4n) is 3.30. The Morgan fingerprint density at radius 2 is 2.07 bits per heavy atom. The van der Waals surface area contributed by atoms with E-state index in [2.05, 4.69) is 6.92 Å². The monoisotopic (exact) mass is 396 g/mol. The summed E-state index contributed by atoms with van der Waals surface area (Å²) in [4.78, 5) is 19.1. The zero-order chi connectivity index (χ0) is 19.7. The number of rotatable bonds is 5. The summed E-state index contributed by atoms with van der Waals surface area (Å²) in [5, 5.41) is 3.13. The van der Waals surface area contributed by atoms with E-state index in [1.54, 1.807) is 41.4 Å². The number of aryl methyl sites for hydroxylation is 1. The number of nitrogens with zero attached hydrogens (tertiary/aromatic N) is 2. The maximum Gasteiger partial charge on any atom is 0.268 e. The molecule has 0 spiro atoms. The highest BCUT2D eigenvalue weighted by Gasteiger charge is 2.32. The Kier molecular flexibility index (Phi) is 5.13. The summed E-state index contributed by atoms with van der Waals surface area (Å²) in [6.07, 6.45) is 1.39. The molecule has 1 aromatic heterocycles. The van der Waals surface area contributed by atoms with Gasteiger partial charge >= 0.3 is 0 Å². The molecule has 144 valence electrons. The van der Waals surface area contributed by atoms with Crippen LogP contribution in [-0.4, -0.2) is 17.0 Å². The summed E-state index contributed by atoms with van der Waals surface area (Å²) < 4.78 is 20.0. The molecule has 28 heavy (non-hydrogen) atoms. The van der Waals surface area contributed by atoms with Gasteiger partial charge in [-0.1, -0.05) is 25.1 Å². The van der Waals surface area contributed by atoms with Gasteiger partial charge < -0.3 is 9.64 Å². The number of hydrogen-bond acceptors (Lipinski definition) is 4. The largest absolute Gasteiger partial charge is 0.479 e. The molecular weight excluding hydrogens is 375 g/mol. The minimum Gasteiger partial charge on any atom is -0.479 e. The van der Waals surface area contributed by atoms with E-state index in [1.807, 2.05) is 23.6 Å². The third-order valence-corrected chi connectivity index (χ3v) is 5.67. The van der Waals surface area contributed by atoms with Crippen molar-refractivity contribution in [2.24, 2.45) is 0 Å². The molecule has 0 bridgehead atoms. The summed E-state index contributed by atoms with van der Waals surface area (Å²) in [6.45, 7) is 4.00. The molecule has 0 saturated carbocycles. The second-order valence-electron chi connectivity index (χ2n) is 6.83. The molecule has 1 unspecified atom stereocenters. The van der Waals surface area contributed by atoms with Gasteiger partial charge in [0.25, 0.3) is 5.91 Å². The van der Waals surface area contributed by atoms with Crippen LogP contribution in [0.2, 0.25) is 0 Å². The van der Waals surface area contributed by atoms with Crippen LogP contribution in [0.1, 0.15) is 30.8 Å². The molecule has 6 heteroatoms. The Hall–Kier alpha value is -2.73. The van der Waals surface area contributed by atoms with Gasteiger partial charge in [-0.25, -0.2) is 9.37 Å². The molecule has 1 atom stereocenters. The molecular formula is C22H21FN2O2S. The lowest BCUT2D eigenvalue weighted by Gasteiger charge is -2.33. The highest BCUT2D eigenvalue weighted by atomic mass is 32.1. The lowest BCUT2D eigenvalue weighted by Crippen LogP contribution is -2.44. The molecule has 0 saturated heterocycles. The number of carbonyl (C=O) groups excluding carboxylic acids is 1. The van der Waals surface area contributed by atoms with E-state index in [4.69, 9.17) is 9.72 Å². The standard InChI is InChI=1S/C22H21FN2O2S/c1-3-6-21-24-18(13-28-21)15-9-10-20-19(11-15)25(22(26)14(2)27-20)12-16-7-4-5-8-17(16)23/h4-5,7-11,13-14H,3,6,12H2,1-2H3. The Morgan fingerprint density at radius 3 is 2.86 bits per heavy atom. The van der Waals surface area contributed by atoms with Crippen LogP contribution < -0.4 is 9.64 Å². The second-order valence-corrected chi connectivity index (χ2v) is 7.78. The summed E-state index contributed by atoms with van der Waals surface area (Å²) in [6, 6.07) is 12.2. The zero-order valence-corrected chi connectivity index (χ0v) is 16.6. The quantitative estimate of drug-likeness (QED) is 0.594. The van der Waals surface area contributed by atoms with Crippen molar-refractivity contribution >= 4 is 22.9 Å². The number of amides is 1. The summed E-state index contributed by atoms with van der Waals surface area (Å²) in [5.41, 5.74) is 2.92. The van der Waals surface area contributed by atoms with Crippen molar-refractivity contribution in [1.82, 2.24) is 4.98 Å². The number of benzene rings is 2. The number of ether oxygens (including phenoxy) is 1. The van der Waals surface area contributed by atoms with Gasteiger partial charge in [-0.2, -0.15) is 0 Å². The van der Waals surface area contributed by atoms with E-state index in [1.165, 1.54) is 6.07 Å². The lowest BCUT2D eigenvalue weighted by atomic mass is 10.1. The number of thiazole rings is 1. The summed E-state index contributed by atoms with van der Waals surface area (Å²) in [5.74, 6) is 0.116. The van der Waals surface area contributed by atoms with Gasteiger partial charge in [0.2, 0.25) is 0 Å². The molecule has 1 aliphatic heterocycles. The topological polar surface area (TPSA) is 42.4 Å². The number of fused-ring (bicyclic) bond motifs is 1. The molecule has 1 amide bonds. The maximum absolute atomic E-state index is 14.2. The predicted molar refractivity (Wildman–Crippen MR) is 109 cm³/mol. The highest BCUT2D eigenvalue weighted by Crippen LogP contribution is 2.38. The lowest BCUT2D eigenvalue weighted by molar-refractivity contribution is -0.125. The number of anilines is 1. The van der Waals surface area contributed by atoms with E-state index < -0.39 is 6.10 Å². The van der Waals surface area contributed by atoms with Gasteiger partial charge in [-0.05, 0) is 44.0 Å². The first-order valence-electron chi connectivity index (χ1n) is 9.37. The average Bonchev–Trinajstić information content (AvgIpc) is 3.15. The van der Waals surface area contributed by atoms with Gasteiger partial charge in [0, 0.05) is 16.5 Å². The van der Waals surface area contributed by atoms with Crippen LogP contribution >= 0.6 is 11.3 Å². The summed E-state index contributed by atoms with van der Waals surface area (Å²) >= 11 is 1.64. The first-order valence-corrected chi connectivity index (χ1v) is 10.2. The fraction of sp³-hybridized carbons (Fsp3) is 0.273. The molecule has 4 rings (SSSR count). The maximum atomic E-state index is 14.2. The van der Waals surface area contributed by atoms with Crippen LogP contribution in [0.25, 0.3) is 11.3 Å². The molecule has 0 radical (unpaired) electrons. The van der Waals surface area contributed by atoms with Gasteiger partial charge in [-0.15, -0.1) is 11.3 Å². The van der Waals surface area contributed by atoms with Gasteiger partial charge in [-0.3, -0.25) is 4.79 Å². The molecule has 0 fully saturated rings. The molecule has 2 heterocycles. The third kappa shape index (κ3) is 3.52. The molecule has 2 aromatic carbocycles. The van der Waals surface area contributed by atoms with Crippen LogP contribution in [0.5, 0.6) is 5.75 Å². The molecule has 1 aliphatic rings. The van der Waals surface area contributed by atoms with Crippen LogP contribution in [-0.2, 0) is 17.8 Å². The van der Waals surface area contributed by atoms with E-state index in [0.717, 1.165) is 29.1 Å². The van der Waals surface area contributed by atoms with Crippen molar-refractivity contribution in [2.75, 3.05) is 4.90 Å². The average molecular weight is 396 g/mol. The Bertz CT molecular complexity index is 1020. The zero-order valence-electron chi connectivity index (χ0n) is 15.8. The van der Waals surface area contributed by atoms with Crippen molar-refractivity contribution in [3.8, 4) is 17.0 Å². The smallest absolute Gasteiger partial charge is 0.268 e. The molecule has 3 aromatic rings. The second kappa shape index (κ2) is 7.72. The Morgan fingerprint density at radius 1 is 1.25 bits per heavy atom. The van der Waals surface area contributed by atoms with E-state index >= 15 is 0 Å². The number of hydrogen-bond donors (Lipinski definition) is 0. The van der Waals surface area contributed by atoms with Crippen LogP contribution in [0.3, 0.4) is 0 Å². The molecule has 4 nitrogen and oxygen atoms in total. The van der Waals surface area contributed by atoms with Gasteiger partial charge in [0.1, 0.15) is 11.6 Å². The first kappa shape index (κ1) is 18.6. The first-order chi connectivity index (χ1) is 13.6. The van der Waals surface area contributed by atoms with Crippen molar-refractivity contribution in [3.05, 3.63) is 64.2 Å². The van der Waals surface area contributed by atoms with E-state index in [-0.39, 0.29) is 18.3 Å². The van der Waals surface area contributed by atoms with Crippen LogP contribution in [0.15, 0.2) is 47.8 Å². The minimum atomic E-state index is -0.611. The van der Waals surface area contributed by atoms with Crippen molar-refractivity contribution < 1.29 is 13.9 Å². The minimum absolute atomic E-state index is 0.161. The fourth-order valence-corrected chi connectivity index (χ4v) is 4.21. The number of carbonyl (C=O) groups is 1. The normalized spacial score (nSPS) is 16.0. The number of aromatic nitrogens is 1. The molecule has 0 aliphatic carbocycles. The Labute approximate surface area is 167 Å². The summed E-state index contributed by atoms with van der Waals surface area (Å²) in [7, 11) is 0. The Balaban J connectivity index is 1.72. The van der Waals surface area contributed by atoms with Gasteiger partial charge in [0.05, 0.1) is 22.9 Å². The van der Waals surface area contributed by atoms with Crippen molar-refractivity contribution in [2.45, 2.75) is 39.3 Å². The SMILES string of the molecule is CCCc1nc(-c2ccc3c(c2)N(Cc2ccccc2F)C(=O)C(C)O3)cs1. The van der Waals surface area contributed by atoms with Crippen LogP contribution in [0.4, 0.5) is 10.1 Å². The predicted octanol–water partition coefficient (Wildman–Crippen LogP) is 5.22. The molecule has 0 N–H and O–H groups in total. The van der Waals surface area contributed by atoms with E-state index in [0.29, 0.717) is 17.0 Å². The van der Waals surface area contributed by atoms with Gasteiger partial charge in [0.15, 0.2) is 6.10 Å². The highest BCUT2D eigenvalue weighted by molar-refractivity contribution is 7.09. The van der Waals surface area contributed by atoms with Crippen LogP contribution in [0, 0.1) is 5.82 Å². The van der Waals surface area contributed by atoms with E-state index in [9.17, 15) is 9.18 Å².